The van der Waals surface area contributed by atoms with Gasteiger partial charge < -0.3 is 5.73 Å². The molecule has 0 saturated heterocycles. The first-order valence-corrected chi connectivity index (χ1v) is 6.72. The van der Waals surface area contributed by atoms with Crippen molar-refractivity contribution in [1.29, 1.82) is 0 Å². The lowest BCUT2D eigenvalue weighted by Gasteiger charge is -2.04. The zero-order chi connectivity index (χ0) is 13.9. The van der Waals surface area contributed by atoms with Crippen LogP contribution in [0.3, 0.4) is 0 Å². The summed E-state index contributed by atoms with van der Waals surface area (Å²) < 4.78 is 1.60. The van der Waals surface area contributed by atoms with Crippen LogP contribution in [-0.4, -0.2) is 25.0 Å². The van der Waals surface area contributed by atoms with E-state index in [2.05, 4.69) is 27.2 Å². The first kappa shape index (κ1) is 12.5. The average molecular weight is 268 g/mol. The summed E-state index contributed by atoms with van der Waals surface area (Å²) in [6.45, 7) is 2.15. The lowest BCUT2D eigenvalue weighted by Crippen LogP contribution is -2.06. The summed E-state index contributed by atoms with van der Waals surface area (Å²) in [5.41, 5.74) is 8.48. The van der Waals surface area contributed by atoms with E-state index in [4.69, 9.17) is 5.73 Å². The molecule has 2 heterocycles. The number of hydrogen-bond donors (Lipinski definition) is 1. The molecule has 2 aromatic heterocycles. The van der Waals surface area contributed by atoms with Crippen LogP contribution in [0.4, 0.5) is 5.82 Å². The largest absolute Gasteiger partial charge is 0.381 e. The van der Waals surface area contributed by atoms with Crippen molar-refractivity contribution in [3.63, 3.8) is 0 Å². The predicted octanol–water partition coefficient (Wildman–Crippen LogP) is 2.14. The number of nitrogens with zero attached hydrogens (tertiary/aromatic N) is 5. The van der Waals surface area contributed by atoms with E-state index < -0.39 is 0 Å². The summed E-state index contributed by atoms with van der Waals surface area (Å²) in [5, 5.41) is 8.23. The number of rotatable bonds is 4. The van der Waals surface area contributed by atoms with Gasteiger partial charge in [-0.1, -0.05) is 30.7 Å². The fourth-order valence-corrected chi connectivity index (χ4v) is 2.05. The van der Waals surface area contributed by atoms with Crippen LogP contribution in [0.1, 0.15) is 25.5 Å². The lowest BCUT2D eigenvalue weighted by atomic mass is 10.2. The third kappa shape index (κ3) is 2.32. The molecule has 6 nitrogen and oxygen atoms in total. The summed E-state index contributed by atoms with van der Waals surface area (Å²) in [5.74, 6) is 0.884. The van der Waals surface area contributed by atoms with E-state index in [0.717, 1.165) is 36.0 Å². The van der Waals surface area contributed by atoms with E-state index in [1.54, 1.807) is 4.68 Å². The van der Waals surface area contributed by atoms with Gasteiger partial charge in [-0.25, -0.2) is 9.97 Å². The number of fused-ring (bicyclic) bond motifs is 1. The van der Waals surface area contributed by atoms with E-state index >= 15 is 0 Å². The molecule has 0 aliphatic heterocycles. The van der Waals surface area contributed by atoms with Crippen molar-refractivity contribution < 1.29 is 0 Å². The van der Waals surface area contributed by atoms with Gasteiger partial charge in [0.15, 0.2) is 11.6 Å². The quantitative estimate of drug-likeness (QED) is 0.783. The maximum atomic E-state index is 5.97. The van der Waals surface area contributed by atoms with Gasteiger partial charge in [0.2, 0.25) is 0 Å². The molecule has 0 aliphatic carbocycles. The highest BCUT2D eigenvalue weighted by atomic mass is 15.4. The zero-order valence-electron chi connectivity index (χ0n) is 11.3. The molecule has 0 bridgehead atoms. The summed E-state index contributed by atoms with van der Waals surface area (Å²) in [7, 11) is 0. The fourth-order valence-electron chi connectivity index (χ4n) is 2.05. The van der Waals surface area contributed by atoms with Crippen molar-refractivity contribution in [2.75, 3.05) is 5.73 Å². The highest BCUT2D eigenvalue weighted by molar-refractivity contribution is 5.77. The normalized spacial score (nSPS) is 11.1. The van der Waals surface area contributed by atoms with Crippen LogP contribution in [0.15, 0.2) is 30.5 Å². The van der Waals surface area contributed by atoms with Gasteiger partial charge in [0, 0.05) is 0 Å². The molecule has 3 rings (SSSR count). The number of benzene rings is 1. The average Bonchev–Trinajstić information content (AvgIpc) is 2.93. The van der Waals surface area contributed by atoms with Crippen molar-refractivity contribution in [1.82, 2.24) is 25.0 Å². The summed E-state index contributed by atoms with van der Waals surface area (Å²) >= 11 is 0. The molecule has 0 saturated carbocycles. The van der Waals surface area contributed by atoms with Crippen LogP contribution in [0.5, 0.6) is 0 Å². The minimum atomic E-state index is 0.357. The monoisotopic (exact) mass is 268 g/mol. The van der Waals surface area contributed by atoms with Gasteiger partial charge in [0.05, 0.1) is 22.9 Å². The van der Waals surface area contributed by atoms with E-state index in [1.165, 1.54) is 0 Å². The number of nitrogens with two attached hydrogens (primary N) is 1. The molecule has 0 unspecified atom stereocenters. The van der Waals surface area contributed by atoms with Crippen LogP contribution in [0, 0.1) is 0 Å². The van der Waals surface area contributed by atoms with Gasteiger partial charge >= 0.3 is 0 Å². The Kier molecular flexibility index (Phi) is 3.28. The first-order chi connectivity index (χ1) is 9.78. The topological polar surface area (TPSA) is 82.5 Å². The molecule has 0 amide bonds. The summed E-state index contributed by atoms with van der Waals surface area (Å²) in [6, 6.07) is 7.62. The maximum absolute atomic E-state index is 5.97. The summed E-state index contributed by atoms with van der Waals surface area (Å²) in [4.78, 5) is 8.86. The smallest absolute Gasteiger partial charge is 0.198 e. The molecule has 3 aromatic rings. The van der Waals surface area contributed by atoms with Crippen molar-refractivity contribution in [3.05, 3.63) is 36.2 Å². The number of anilines is 1. The third-order valence-electron chi connectivity index (χ3n) is 3.12. The Morgan fingerprint density at radius 3 is 2.65 bits per heavy atom. The Morgan fingerprint density at radius 1 is 1.15 bits per heavy atom. The van der Waals surface area contributed by atoms with Crippen molar-refractivity contribution in [2.24, 2.45) is 0 Å². The Balaban J connectivity index is 2.00. The zero-order valence-corrected chi connectivity index (χ0v) is 11.3. The fraction of sp³-hybridized carbons (Fsp3) is 0.286. The molecule has 2 N–H and O–H groups in total. The van der Waals surface area contributed by atoms with Crippen LogP contribution >= 0.6 is 0 Å². The second-order valence-electron chi connectivity index (χ2n) is 4.68. The number of aryl methyl sites for hydroxylation is 1. The molecule has 0 spiro atoms. The third-order valence-corrected chi connectivity index (χ3v) is 3.12. The van der Waals surface area contributed by atoms with E-state index in [-0.39, 0.29) is 0 Å². The van der Waals surface area contributed by atoms with Gasteiger partial charge in [0.25, 0.3) is 0 Å². The molecule has 0 radical (unpaired) electrons. The standard InChI is InChI=1S/C14H16N6/c1-2-3-6-10-9-20(19-18-10)14-13(15)16-11-7-4-5-8-12(11)17-14/h4-5,7-9H,2-3,6H2,1H3,(H2,15,16). The van der Waals surface area contributed by atoms with Crippen molar-refractivity contribution in [2.45, 2.75) is 26.2 Å². The SMILES string of the molecule is CCCCc1cn(-c2nc3ccccc3nc2N)nn1. The van der Waals surface area contributed by atoms with Gasteiger partial charge in [0.1, 0.15) is 0 Å². The molecule has 1 aromatic carbocycles. The molecule has 6 heteroatoms. The molecule has 0 fully saturated rings. The number of nitrogen functional groups attached to an aromatic ring is 1. The molecule has 20 heavy (non-hydrogen) atoms. The van der Waals surface area contributed by atoms with Crippen molar-refractivity contribution >= 4 is 16.9 Å². The van der Waals surface area contributed by atoms with Crippen LogP contribution in [0.2, 0.25) is 0 Å². The molecular weight excluding hydrogens is 252 g/mol. The number of para-hydroxylation sites is 2. The van der Waals surface area contributed by atoms with Gasteiger partial charge in [-0.15, -0.1) is 5.10 Å². The number of aromatic nitrogens is 5. The summed E-state index contributed by atoms with van der Waals surface area (Å²) in [6.07, 6.45) is 5.00. The Bertz CT molecular complexity index is 733. The van der Waals surface area contributed by atoms with Gasteiger partial charge in [-0.2, -0.15) is 4.68 Å². The number of unbranched alkanes of at least 4 members (excludes halogenated alkanes) is 1. The van der Waals surface area contributed by atoms with E-state index in [1.807, 2.05) is 30.5 Å². The maximum Gasteiger partial charge on any atom is 0.198 e. The second-order valence-corrected chi connectivity index (χ2v) is 4.68. The van der Waals surface area contributed by atoms with Gasteiger partial charge in [-0.05, 0) is 25.0 Å². The second kappa shape index (κ2) is 5.24. The van der Waals surface area contributed by atoms with Gasteiger partial charge in [-0.3, -0.25) is 0 Å². The van der Waals surface area contributed by atoms with Crippen LogP contribution in [0.25, 0.3) is 16.9 Å². The van der Waals surface area contributed by atoms with E-state index in [9.17, 15) is 0 Å². The van der Waals surface area contributed by atoms with E-state index in [0.29, 0.717) is 11.6 Å². The predicted molar refractivity (Wildman–Crippen MR) is 77.5 cm³/mol. The lowest BCUT2D eigenvalue weighted by molar-refractivity contribution is 0.756. The molecular formula is C14H16N6. The Hall–Kier alpha value is -2.50. The highest BCUT2D eigenvalue weighted by Crippen LogP contribution is 2.17. The molecule has 0 aliphatic rings. The minimum Gasteiger partial charge on any atom is -0.381 e. The number of hydrogen-bond acceptors (Lipinski definition) is 5. The first-order valence-electron chi connectivity index (χ1n) is 6.72. The van der Waals surface area contributed by atoms with Crippen LogP contribution < -0.4 is 5.73 Å². The Labute approximate surface area is 116 Å². The van der Waals surface area contributed by atoms with Crippen molar-refractivity contribution in [3.8, 4) is 5.82 Å². The minimum absolute atomic E-state index is 0.357. The molecule has 0 atom stereocenters. The Morgan fingerprint density at radius 2 is 1.90 bits per heavy atom. The highest BCUT2D eigenvalue weighted by Gasteiger charge is 2.10. The molecule has 102 valence electrons. The van der Waals surface area contributed by atoms with Crippen LogP contribution in [-0.2, 0) is 6.42 Å².